The summed E-state index contributed by atoms with van der Waals surface area (Å²) in [5, 5.41) is 11.0. The van der Waals surface area contributed by atoms with Crippen LogP contribution in [0, 0.1) is 0 Å². The van der Waals surface area contributed by atoms with E-state index in [1.165, 1.54) is 11.9 Å². The molecule has 1 heterocycles. The average Bonchev–Trinajstić information content (AvgIpc) is 2.39. The van der Waals surface area contributed by atoms with E-state index in [4.69, 9.17) is 0 Å². The Kier molecular flexibility index (Phi) is 3.32. The third kappa shape index (κ3) is 2.41. The van der Waals surface area contributed by atoms with E-state index in [2.05, 4.69) is 58.6 Å². The molecule has 0 fully saturated rings. The molecule has 0 aliphatic heterocycles. The molecular formula is C13H16N4. The molecule has 0 unspecified atom stereocenters. The molecule has 0 bridgehead atoms. The molecule has 0 saturated heterocycles. The van der Waals surface area contributed by atoms with Gasteiger partial charge in [-0.3, -0.25) is 0 Å². The van der Waals surface area contributed by atoms with Crippen molar-refractivity contribution in [2.24, 2.45) is 0 Å². The highest BCUT2D eigenvalue weighted by atomic mass is 15.2. The molecule has 0 radical (unpaired) electrons. The van der Waals surface area contributed by atoms with Gasteiger partial charge in [0, 0.05) is 12.6 Å². The first-order valence-electron chi connectivity index (χ1n) is 5.68. The highest BCUT2D eigenvalue weighted by molar-refractivity contribution is 5.70. The number of nitrogens with one attached hydrogen (secondary N) is 1. The summed E-state index contributed by atoms with van der Waals surface area (Å²) in [6.07, 6.45) is 1.44. The SMILES string of the molecule is CNc1ncnnc1-c1ccc(C(C)C)cc1. The molecule has 0 spiro atoms. The van der Waals surface area contributed by atoms with E-state index in [-0.39, 0.29) is 0 Å². The largest absolute Gasteiger partial charge is 0.371 e. The van der Waals surface area contributed by atoms with Crippen LogP contribution in [-0.4, -0.2) is 22.2 Å². The maximum absolute atomic E-state index is 4.15. The molecule has 2 aromatic rings. The molecule has 2 rings (SSSR count). The summed E-state index contributed by atoms with van der Waals surface area (Å²) in [4.78, 5) is 4.15. The lowest BCUT2D eigenvalue weighted by atomic mass is 10.0. The van der Waals surface area contributed by atoms with Crippen LogP contribution in [0.15, 0.2) is 30.6 Å². The quantitative estimate of drug-likeness (QED) is 0.877. The van der Waals surface area contributed by atoms with Crippen LogP contribution in [0.5, 0.6) is 0 Å². The molecule has 0 amide bonds. The Bertz CT molecular complexity index is 491. The van der Waals surface area contributed by atoms with Crippen molar-refractivity contribution in [1.82, 2.24) is 15.2 Å². The van der Waals surface area contributed by atoms with Gasteiger partial charge in [0.15, 0.2) is 5.82 Å². The smallest absolute Gasteiger partial charge is 0.156 e. The van der Waals surface area contributed by atoms with Crippen LogP contribution in [-0.2, 0) is 0 Å². The van der Waals surface area contributed by atoms with Gasteiger partial charge in [0.05, 0.1) is 0 Å². The molecule has 0 aliphatic rings. The predicted molar refractivity (Wildman–Crippen MR) is 68.9 cm³/mol. The Hall–Kier alpha value is -1.97. The van der Waals surface area contributed by atoms with Gasteiger partial charge >= 0.3 is 0 Å². The lowest BCUT2D eigenvalue weighted by Gasteiger charge is -2.08. The van der Waals surface area contributed by atoms with Crippen LogP contribution in [0.25, 0.3) is 11.3 Å². The van der Waals surface area contributed by atoms with E-state index < -0.39 is 0 Å². The number of benzene rings is 1. The maximum Gasteiger partial charge on any atom is 0.156 e. The van der Waals surface area contributed by atoms with Crippen molar-refractivity contribution in [3.63, 3.8) is 0 Å². The molecule has 0 aliphatic carbocycles. The summed E-state index contributed by atoms with van der Waals surface area (Å²) in [6.45, 7) is 4.36. The molecule has 4 nitrogen and oxygen atoms in total. The zero-order valence-corrected chi connectivity index (χ0v) is 10.3. The number of hydrogen-bond acceptors (Lipinski definition) is 4. The highest BCUT2D eigenvalue weighted by Crippen LogP contribution is 2.24. The summed E-state index contributed by atoms with van der Waals surface area (Å²) in [5.74, 6) is 1.28. The number of aromatic nitrogens is 3. The zero-order valence-electron chi connectivity index (χ0n) is 10.3. The minimum Gasteiger partial charge on any atom is -0.371 e. The van der Waals surface area contributed by atoms with Gasteiger partial charge < -0.3 is 5.32 Å². The molecule has 0 saturated carbocycles. The monoisotopic (exact) mass is 228 g/mol. The van der Waals surface area contributed by atoms with Gasteiger partial charge in [0.25, 0.3) is 0 Å². The first-order valence-corrected chi connectivity index (χ1v) is 5.68. The maximum atomic E-state index is 4.15. The number of rotatable bonds is 3. The van der Waals surface area contributed by atoms with Gasteiger partial charge in [-0.05, 0) is 11.5 Å². The molecule has 1 aromatic carbocycles. The van der Waals surface area contributed by atoms with Crippen molar-refractivity contribution in [1.29, 1.82) is 0 Å². The fraction of sp³-hybridized carbons (Fsp3) is 0.308. The Morgan fingerprint density at radius 1 is 1.12 bits per heavy atom. The van der Waals surface area contributed by atoms with E-state index in [0.717, 1.165) is 17.1 Å². The lowest BCUT2D eigenvalue weighted by Crippen LogP contribution is -1.99. The lowest BCUT2D eigenvalue weighted by molar-refractivity contribution is 0.866. The van der Waals surface area contributed by atoms with Gasteiger partial charge in [-0.15, -0.1) is 10.2 Å². The number of hydrogen-bond donors (Lipinski definition) is 1. The van der Waals surface area contributed by atoms with E-state index >= 15 is 0 Å². The number of anilines is 1. The van der Waals surface area contributed by atoms with Crippen LogP contribution in [0.4, 0.5) is 5.82 Å². The second-order valence-corrected chi connectivity index (χ2v) is 4.18. The molecule has 1 N–H and O–H groups in total. The fourth-order valence-electron chi connectivity index (χ4n) is 1.68. The third-order valence-electron chi connectivity index (χ3n) is 2.71. The van der Waals surface area contributed by atoms with Gasteiger partial charge in [-0.25, -0.2) is 4.98 Å². The molecule has 17 heavy (non-hydrogen) atoms. The van der Waals surface area contributed by atoms with Gasteiger partial charge in [0.1, 0.15) is 12.0 Å². The van der Waals surface area contributed by atoms with Gasteiger partial charge in [0.2, 0.25) is 0 Å². The standard InChI is InChI=1S/C13H16N4/c1-9(2)10-4-6-11(7-5-10)12-13(14-3)15-8-16-17-12/h4-9H,1-3H3,(H,14,15,16). The fourth-order valence-corrected chi connectivity index (χ4v) is 1.68. The van der Waals surface area contributed by atoms with Gasteiger partial charge in [-0.2, -0.15) is 0 Å². The van der Waals surface area contributed by atoms with E-state index in [9.17, 15) is 0 Å². The van der Waals surface area contributed by atoms with Crippen molar-refractivity contribution < 1.29 is 0 Å². The van der Waals surface area contributed by atoms with Crippen molar-refractivity contribution in [2.75, 3.05) is 12.4 Å². The summed E-state index contributed by atoms with van der Waals surface area (Å²) in [7, 11) is 1.83. The first-order chi connectivity index (χ1) is 8.22. The molecule has 88 valence electrons. The normalized spacial score (nSPS) is 10.6. The summed E-state index contributed by atoms with van der Waals surface area (Å²) in [5.41, 5.74) is 3.13. The van der Waals surface area contributed by atoms with Crippen molar-refractivity contribution in [2.45, 2.75) is 19.8 Å². The number of nitrogens with zero attached hydrogens (tertiary/aromatic N) is 3. The highest BCUT2D eigenvalue weighted by Gasteiger charge is 2.07. The minimum atomic E-state index is 0.535. The summed E-state index contributed by atoms with van der Waals surface area (Å²) in [6, 6.07) is 8.35. The second kappa shape index (κ2) is 4.91. The van der Waals surface area contributed by atoms with Crippen LogP contribution < -0.4 is 5.32 Å². The van der Waals surface area contributed by atoms with Crippen LogP contribution in [0.3, 0.4) is 0 Å². The molecule has 0 atom stereocenters. The van der Waals surface area contributed by atoms with Crippen LogP contribution >= 0.6 is 0 Å². The van der Waals surface area contributed by atoms with E-state index in [1.807, 2.05) is 7.05 Å². The molecule has 1 aromatic heterocycles. The van der Waals surface area contributed by atoms with Crippen LogP contribution in [0.2, 0.25) is 0 Å². The van der Waals surface area contributed by atoms with Crippen LogP contribution in [0.1, 0.15) is 25.3 Å². The molecular weight excluding hydrogens is 212 g/mol. The van der Waals surface area contributed by atoms with E-state index in [0.29, 0.717) is 5.92 Å². The average molecular weight is 228 g/mol. The Labute approximate surface area is 101 Å². The molecule has 4 heteroatoms. The topological polar surface area (TPSA) is 50.7 Å². The van der Waals surface area contributed by atoms with Crippen molar-refractivity contribution >= 4 is 5.82 Å². The zero-order chi connectivity index (χ0) is 12.3. The second-order valence-electron chi connectivity index (χ2n) is 4.18. The third-order valence-corrected chi connectivity index (χ3v) is 2.71. The van der Waals surface area contributed by atoms with Crippen molar-refractivity contribution in [3.05, 3.63) is 36.2 Å². The van der Waals surface area contributed by atoms with Gasteiger partial charge in [-0.1, -0.05) is 38.1 Å². The van der Waals surface area contributed by atoms with E-state index in [1.54, 1.807) is 0 Å². The Balaban J connectivity index is 2.40. The first kappa shape index (κ1) is 11.5. The Morgan fingerprint density at radius 3 is 2.41 bits per heavy atom. The summed E-state index contributed by atoms with van der Waals surface area (Å²) >= 11 is 0. The summed E-state index contributed by atoms with van der Waals surface area (Å²) < 4.78 is 0. The minimum absolute atomic E-state index is 0.535. The Morgan fingerprint density at radius 2 is 1.82 bits per heavy atom. The predicted octanol–water partition coefficient (Wildman–Crippen LogP) is 2.70. The van der Waals surface area contributed by atoms with Crippen molar-refractivity contribution in [3.8, 4) is 11.3 Å².